The minimum atomic E-state index is -0.260. The minimum Gasteiger partial charge on any atom is -0.357 e. The smallest absolute Gasteiger partial charge is 0.108 e. The zero-order chi connectivity index (χ0) is 7.72. The van der Waals surface area contributed by atoms with Gasteiger partial charge in [-0.1, -0.05) is 23.2 Å². The quantitative estimate of drug-likeness (QED) is 0.552. The standard InChI is InChI=1S/C6H8Cl2N2/c1-3-4(7)2-5(9)10-6(3)8/h2,5,10H,9H2,1H3. The Morgan fingerprint density at radius 1 is 1.60 bits per heavy atom. The number of hydrogen-bond donors (Lipinski definition) is 2. The van der Waals surface area contributed by atoms with Crippen molar-refractivity contribution in [2.45, 2.75) is 13.1 Å². The van der Waals surface area contributed by atoms with E-state index in [1.165, 1.54) is 0 Å². The normalized spacial score (nSPS) is 26.0. The second kappa shape index (κ2) is 2.82. The molecule has 3 N–H and O–H groups in total. The molecule has 0 saturated carbocycles. The summed E-state index contributed by atoms with van der Waals surface area (Å²) >= 11 is 11.5. The summed E-state index contributed by atoms with van der Waals surface area (Å²) in [5.41, 5.74) is 6.33. The van der Waals surface area contributed by atoms with Crippen LogP contribution >= 0.6 is 23.2 Å². The summed E-state index contributed by atoms with van der Waals surface area (Å²) in [5.74, 6) is 0. The first-order valence-corrected chi connectivity index (χ1v) is 3.63. The van der Waals surface area contributed by atoms with Gasteiger partial charge in [-0.25, -0.2) is 0 Å². The number of dihydropyridines is 1. The minimum absolute atomic E-state index is 0.260. The second-order valence-electron chi connectivity index (χ2n) is 2.12. The van der Waals surface area contributed by atoms with Crippen LogP contribution in [0.15, 0.2) is 21.8 Å². The molecule has 0 radical (unpaired) electrons. The van der Waals surface area contributed by atoms with E-state index in [4.69, 9.17) is 28.9 Å². The summed E-state index contributed by atoms with van der Waals surface area (Å²) in [4.78, 5) is 0. The second-order valence-corrected chi connectivity index (χ2v) is 2.91. The van der Waals surface area contributed by atoms with E-state index in [9.17, 15) is 0 Å². The van der Waals surface area contributed by atoms with E-state index in [1.807, 2.05) is 6.92 Å². The molecule has 1 unspecified atom stereocenters. The van der Waals surface area contributed by atoms with Crippen molar-refractivity contribution < 1.29 is 0 Å². The van der Waals surface area contributed by atoms with Gasteiger partial charge in [0.25, 0.3) is 0 Å². The van der Waals surface area contributed by atoms with E-state index in [0.717, 1.165) is 5.57 Å². The maximum Gasteiger partial charge on any atom is 0.108 e. The maximum atomic E-state index is 5.76. The lowest BCUT2D eigenvalue weighted by atomic mass is 10.2. The van der Waals surface area contributed by atoms with Crippen molar-refractivity contribution in [3.05, 3.63) is 21.8 Å². The van der Waals surface area contributed by atoms with Gasteiger partial charge in [0.2, 0.25) is 0 Å². The fourth-order valence-corrected chi connectivity index (χ4v) is 1.19. The molecule has 1 atom stereocenters. The van der Waals surface area contributed by atoms with Crippen LogP contribution in [-0.4, -0.2) is 6.17 Å². The first kappa shape index (κ1) is 7.92. The van der Waals surface area contributed by atoms with Crippen molar-refractivity contribution >= 4 is 23.2 Å². The van der Waals surface area contributed by atoms with Crippen LogP contribution in [0.4, 0.5) is 0 Å². The molecule has 2 nitrogen and oxygen atoms in total. The highest BCUT2D eigenvalue weighted by Gasteiger charge is 2.12. The molecule has 1 heterocycles. The first-order chi connectivity index (χ1) is 4.61. The lowest BCUT2D eigenvalue weighted by molar-refractivity contribution is 0.707. The van der Waals surface area contributed by atoms with Crippen molar-refractivity contribution in [1.29, 1.82) is 0 Å². The third-order valence-electron chi connectivity index (χ3n) is 1.31. The molecular formula is C6H8Cl2N2. The molecule has 0 aromatic rings. The van der Waals surface area contributed by atoms with Gasteiger partial charge < -0.3 is 11.1 Å². The molecule has 1 aliphatic rings. The van der Waals surface area contributed by atoms with E-state index in [2.05, 4.69) is 5.32 Å². The molecular weight excluding hydrogens is 171 g/mol. The average molecular weight is 179 g/mol. The molecule has 0 aliphatic carbocycles. The maximum absolute atomic E-state index is 5.76. The molecule has 0 amide bonds. The SMILES string of the molecule is CC1=C(Cl)NC(N)C=C1Cl. The fourth-order valence-electron chi connectivity index (χ4n) is 0.684. The van der Waals surface area contributed by atoms with Crippen LogP contribution in [0.2, 0.25) is 0 Å². The summed E-state index contributed by atoms with van der Waals surface area (Å²) < 4.78 is 0. The highest BCUT2D eigenvalue weighted by Crippen LogP contribution is 2.22. The lowest BCUT2D eigenvalue weighted by Gasteiger charge is -2.18. The Kier molecular flexibility index (Phi) is 2.24. The highest BCUT2D eigenvalue weighted by molar-refractivity contribution is 6.35. The molecule has 4 heteroatoms. The van der Waals surface area contributed by atoms with Crippen molar-refractivity contribution in [2.24, 2.45) is 5.73 Å². The third-order valence-corrected chi connectivity index (χ3v) is 2.11. The van der Waals surface area contributed by atoms with Crippen LogP contribution in [0.25, 0.3) is 0 Å². The highest BCUT2D eigenvalue weighted by atomic mass is 35.5. The van der Waals surface area contributed by atoms with Gasteiger partial charge in [0.05, 0.1) is 6.17 Å². The predicted octanol–water partition coefficient (Wildman–Crippen LogP) is 1.47. The van der Waals surface area contributed by atoms with Gasteiger partial charge in [0.1, 0.15) is 5.16 Å². The van der Waals surface area contributed by atoms with Gasteiger partial charge in [0, 0.05) is 10.6 Å². The molecule has 1 rings (SSSR count). The van der Waals surface area contributed by atoms with Crippen LogP contribution in [0.5, 0.6) is 0 Å². The van der Waals surface area contributed by atoms with Crippen LogP contribution in [0.1, 0.15) is 6.92 Å². The molecule has 56 valence electrons. The molecule has 0 fully saturated rings. The molecule has 0 aromatic carbocycles. The van der Waals surface area contributed by atoms with Gasteiger partial charge >= 0.3 is 0 Å². The van der Waals surface area contributed by atoms with Gasteiger partial charge in [-0.3, -0.25) is 0 Å². The molecule has 0 bridgehead atoms. The summed E-state index contributed by atoms with van der Waals surface area (Å²) in [6.45, 7) is 1.83. The number of allylic oxidation sites excluding steroid dienone is 2. The van der Waals surface area contributed by atoms with Crippen molar-refractivity contribution in [2.75, 3.05) is 0 Å². The van der Waals surface area contributed by atoms with E-state index >= 15 is 0 Å². The Morgan fingerprint density at radius 3 is 2.70 bits per heavy atom. The monoisotopic (exact) mass is 178 g/mol. The third kappa shape index (κ3) is 1.45. The number of nitrogens with one attached hydrogen (secondary N) is 1. The van der Waals surface area contributed by atoms with Gasteiger partial charge in [0.15, 0.2) is 0 Å². The van der Waals surface area contributed by atoms with Crippen molar-refractivity contribution in [3.8, 4) is 0 Å². The van der Waals surface area contributed by atoms with E-state index in [0.29, 0.717) is 10.2 Å². The Morgan fingerprint density at radius 2 is 2.20 bits per heavy atom. The molecule has 10 heavy (non-hydrogen) atoms. The molecule has 0 saturated heterocycles. The molecule has 1 aliphatic heterocycles. The van der Waals surface area contributed by atoms with Crippen LogP contribution in [0, 0.1) is 0 Å². The van der Waals surface area contributed by atoms with Crippen LogP contribution < -0.4 is 11.1 Å². The zero-order valence-electron chi connectivity index (χ0n) is 5.49. The van der Waals surface area contributed by atoms with E-state index < -0.39 is 0 Å². The van der Waals surface area contributed by atoms with Crippen LogP contribution in [0.3, 0.4) is 0 Å². The Hall–Kier alpha value is -0.180. The summed E-state index contributed by atoms with van der Waals surface area (Å²) in [6.07, 6.45) is 1.45. The molecule has 0 spiro atoms. The molecule has 0 aromatic heterocycles. The zero-order valence-corrected chi connectivity index (χ0v) is 7.00. The number of nitrogens with two attached hydrogens (primary N) is 1. The summed E-state index contributed by atoms with van der Waals surface area (Å²) in [6, 6.07) is 0. The van der Waals surface area contributed by atoms with Crippen LogP contribution in [-0.2, 0) is 0 Å². The Bertz CT molecular complexity index is 208. The average Bonchev–Trinajstić information content (AvgIpc) is 1.82. The summed E-state index contributed by atoms with van der Waals surface area (Å²) in [7, 11) is 0. The first-order valence-electron chi connectivity index (χ1n) is 2.87. The Labute approximate surface area is 69.7 Å². The van der Waals surface area contributed by atoms with Crippen molar-refractivity contribution in [3.63, 3.8) is 0 Å². The summed E-state index contributed by atoms with van der Waals surface area (Å²) in [5, 5.41) is 3.97. The Balaban J connectivity index is 2.90. The number of rotatable bonds is 0. The van der Waals surface area contributed by atoms with E-state index in [-0.39, 0.29) is 6.17 Å². The predicted molar refractivity (Wildman–Crippen MR) is 43.6 cm³/mol. The number of halogens is 2. The number of hydrogen-bond acceptors (Lipinski definition) is 2. The van der Waals surface area contributed by atoms with Gasteiger partial charge in [-0.2, -0.15) is 0 Å². The fraction of sp³-hybridized carbons (Fsp3) is 0.333. The van der Waals surface area contributed by atoms with Gasteiger partial charge in [-0.05, 0) is 13.0 Å². The largest absolute Gasteiger partial charge is 0.357 e. The lowest BCUT2D eigenvalue weighted by Crippen LogP contribution is -2.36. The van der Waals surface area contributed by atoms with Gasteiger partial charge in [-0.15, -0.1) is 0 Å². The topological polar surface area (TPSA) is 38.0 Å². The van der Waals surface area contributed by atoms with E-state index in [1.54, 1.807) is 6.08 Å². The van der Waals surface area contributed by atoms with Crippen molar-refractivity contribution in [1.82, 2.24) is 5.32 Å².